The van der Waals surface area contributed by atoms with Crippen LogP contribution in [-0.2, 0) is 31.7 Å². The summed E-state index contributed by atoms with van der Waals surface area (Å²) in [6.45, 7) is 4.59. The van der Waals surface area contributed by atoms with E-state index in [1.807, 2.05) is 0 Å². The number of likely N-dealkylation sites (tertiary alicyclic amines) is 1. The fraction of sp³-hybridized carbons (Fsp3) is 0.542. The molecule has 13 heteroatoms. The topological polar surface area (TPSA) is 116 Å². The number of aliphatic carboxylic acids is 1. The van der Waals surface area contributed by atoms with Crippen LogP contribution in [0.15, 0.2) is 24.3 Å². The van der Waals surface area contributed by atoms with Crippen molar-refractivity contribution in [3.8, 4) is 0 Å². The van der Waals surface area contributed by atoms with Gasteiger partial charge >= 0.3 is 18.1 Å². The number of nitrogen functional groups attached to an aromatic ring is 1. The molecule has 2 aliphatic heterocycles. The second-order valence-corrected chi connectivity index (χ2v) is 9.64. The molecule has 0 saturated carbocycles. The van der Waals surface area contributed by atoms with Gasteiger partial charge in [0.2, 0.25) is 0 Å². The summed E-state index contributed by atoms with van der Waals surface area (Å²) in [5.41, 5.74) is 3.68. The predicted molar refractivity (Wildman–Crippen MR) is 130 cm³/mol. The third-order valence-corrected chi connectivity index (χ3v) is 6.95. The quantitative estimate of drug-likeness (QED) is 0.304. The van der Waals surface area contributed by atoms with E-state index in [-0.39, 0.29) is 10.6 Å². The maximum atomic E-state index is 13.4. The lowest BCUT2D eigenvalue weighted by atomic mass is 9.99. The van der Waals surface area contributed by atoms with Gasteiger partial charge in [-0.15, -0.1) is 0 Å². The van der Waals surface area contributed by atoms with Gasteiger partial charge in [0.25, 0.3) is 5.91 Å². The lowest BCUT2D eigenvalue weighted by Crippen LogP contribution is -2.54. The van der Waals surface area contributed by atoms with Crippen LogP contribution in [0, 0.1) is 0 Å². The first-order chi connectivity index (χ1) is 17.3. The van der Waals surface area contributed by atoms with Crippen LogP contribution in [0.3, 0.4) is 0 Å². The molecule has 2 fully saturated rings. The van der Waals surface area contributed by atoms with Crippen molar-refractivity contribution in [3.05, 3.63) is 40.4 Å². The Morgan fingerprint density at radius 2 is 1.76 bits per heavy atom. The predicted octanol–water partition coefficient (Wildman–Crippen LogP) is 2.27. The number of likely N-dealkylation sites (N-methyl/N-ethyl adjacent to an activating group) is 1. The molecule has 0 unspecified atom stereocenters. The van der Waals surface area contributed by atoms with E-state index < -0.39 is 47.8 Å². The molecule has 2 saturated heterocycles. The van der Waals surface area contributed by atoms with Gasteiger partial charge in [0.15, 0.2) is 6.10 Å². The smallest absolute Gasteiger partial charge is 0.418 e. The highest BCUT2D eigenvalue weighted by atomic mass is 35.5. The van der Waals surface area contributed by atoms with E-state index in [9.17, 15) is 27.6 Å². The molecule has 1 aromatic carbocycles. The number of nitrogens with zero attached hydrogens (tertiary/aromatic N) is 3. The van der Waals surface area contributed by atoms with Gasteiger partial charge in [-0.1, -0.05) is 11.6 Å². The van der Waals surface area contributed by atoms with E-state index in [4.69, 9.17) is 27.2 Å². The lowest BCUT2D eigenvalue weighted by Gasteiger charge is -2.42. The van der Waals surface area contributed by atoms with Crippen LogP contribution in [0.4, 0.5) is 18.9 Å². The van der Waals surface area contributed by atoms with Gasteiger partial charge in [-0.2, -0.15) is 13.2 Å². The number of carboxylic acid groups (broad SMARTS) is 1. The Morgan fingerprint density at radius 3 is 2.32 bits per heavy atom. The second-order valence-electron chi connectivity index (χ2n) is 9.23. The number of amides is 1. The average Bonchev–Trinajstić information content (AvgIpc) is 2.84. The zero-order valence-electron chi connectivity index (χ0n) is 20.3. The van der Waals surface area contributed by atoms with Gasteiger partial charge in [0, 0.05) is 63.9 Å². The summed E-state index contributed by atoms with van der Waals surface area (Å²) in [4.78, 5) is 42.4. The van der Waals surface area contributed by atoms with Gasteiger partial charge in [-0.3, -0.25) is 9.69 Å². The molecule has 9 nitrogen and oxygen atoms in total. The Hall–Kier alpha value is -2.83. The standard InChI is InChI=1S/C24H30ClF3N4O5/c1-30-8-10-31(11-9-30)16-4-6-32(7-5-16)23(36)19(37-21(35)3-2-20(33)34)14-15-12-17(24(26,27)28)22(29)18(25)13-15/h2-3,12-13,16,19H,4-11,14,29H2,1H3,(H,33,34)/b3-2-/t19-/m1/s1. The Labute approximate surface area is 217 Å². The summed E-state index contributed by atoms with van der Waals surface area (Å²) >= 11 is 5.91. The molecular formula is C24H30ClF3N4O5. The van der Waals surface area contributed by atoms with E-state index in [1.54, 1.807) is 0 Å². The van der Waals surface area contributed by atoms with E-state index in [2.05, 4.69) is 16.8 Å². The zero-order chi connectivity index (χ0) is 27.3. The van der Waals surface area contributed by atoms with Crippen molar-refractivity contribution >= 4 is 35.1 Å². The van der Waals surface area contributed by atoms with Gasteiger partial charge in [0.1, 0.15) is 0 Å². The van der Waals surface area contributed by atoms with Gasteiger partial charge in [-0.05, 0) is 37.6 Å². The van der Waals surface area contributed by atoms with Gasteiger partial charge < -0.3 is 25.4 Å². The number of benzene rings is 1. The van der Waals surface area contributed by atoms with Crippen LogP contribution in [0.2, 0.25) is 5.02 Å². The van der Waals surface area contributed by atoms with Crippen LogP contribution >= 0.6 is 11.6 Å². The maximum absolute atomic E-state index is 13.4. The number of carboxylic acids is 1. The summed E-state index contributed by atoms with van der Waals surface area (Å²) in [5.74, 6) is -3.08. The number of nitrogens with two attached hydrogens (primary N) is 1. The van der Waals surface area contributed by atoms with Crippen LogP contribution in [0.1, 0.15) is 24.0 Å². The highest BCUT2D eigenvalue weighted by Gasteiger charge is 2.36. The number of piperidine rings is 1. The first-order valence-electron chi connectivity index (χ1n) is 11.8. The molecule has 0 aromatic heterocycles. The number of hydrogen-bond donors (Lipinski definition) is 2. The van der Waals surface area contributed by atoms with Crippen molar-refractivity contribution in [3.63, 3.8) is 0 Å². The largest absolute Gasteiger partial charge is 0.478 e. The Bertz CT molecular complexity index is 1040. The monoisotopic (exact) mass is 546 g/mol. The number of hydrogen-bond acceptors (Lipinski definition) is 7. The number of halogens is 4. The van der Waals surface area contributed by atoms with Crippen molar-refractivity contribution in [1.82, 2.24) is 14.7 Å². The van der Waals surface area contributed by atoms with E-state index >= 15 is 0 Å². The minimum absolute atomic E-state index is 0.00721. The molecule has 3 rings (SSSR count). The van der Waals surface area contributed by atoms with Crippen molar-refractivity contribution < 1.29 is 37.4 Å². The minimum atomic E-state index is -4.78. The molecule has 1 aromatic rings. The second kappa shape index (κ2) is 12.1. The third-order valence-electron chi connectivity index (χ3n) is 6.64. The van der Waals surface area contributed by atoms with Crippen LogP contribution in [-0.4, -0.2) is 96.1 Å². The number of anilines is 1. The van der Waals surface area contributed by atoms with Crippen LogP contribution in [0.25, 0.3) is 0 Å². The maximum Gasteiger partial charge on any atom is 0.418 e. The van der Waals surface area contributed by atoms with Crippen LogP contribution < -0.4 is 5.73 Å². The number of ether oxygens (including phenoxy) is 1. The Kier molecular flexibility index (Phi) is 9.43. The SMILES string of the molecule is CN1CCN(C2CCN(C(=O)[C@@H](Cc3cc(Cl)c(N)c(C(F)(F)F)c3)OC(=O)/C=C\C(=O)O)CC2)CC1. The molecule has 0 radical (unpaired) electrons. The molecule has 1 atom stereocenters. The average molecular weight is 547 g/mol. The molecule has 0 bridgehead atoms. The summed E-state index contributed by atoms with van der Waals surface area (Å²) in [6, 6.07) is 2.26. The minimum Gasteiger partial charge on any atom is -0.478 e. The number of carbonyl (C=O) groups is 3. The van der Waals surface area contributed by atoms with Gasteiger partial charge in [0.05, 0.1) is 16.3 Å². The first-order valence-corrected chi connectivity index (χ1v) is 12.2. The molecule has 0 spiro atoms. The first kappa shape index (κ1) is 28.7. The van der Waals surface area contributed by atoms with Crippen molar-refractivity contribution in [1.29, 1.82) is 0 Å². The molecule has 204 valence electrons. The van der Waals surface area contributed by atoms with E-state index in [0.717, 1.165) is 32.2 Å². The van der Waals surface area contributed by atoms with Gasteiger partial charge in [-0.25, -0.2) is 9.59 Å². The molecule has 1 amide bonds. The number of carbonyl (C=O) groups excluding carboxylic acids is 2. The molecular weight excluding hydrogens is 517 g/mol. The van der Waals surface area contributed by atoms with Crippen molar-refractivity contribution in [2.75, 3.05) is 52.0 Å². The third kappa shape index (κ3) is 7.83. The molecule has 2 heterocycles. The number of alkyl halides is 3. The Balaban J connectivity index is 1.76. The van der Waals surface area contributed by atoms with Crippen LogP contribution in [0.5, 0.6) is 0 Å². The summed E-state index contributed by atoms with van der Waals surface area (Å²) in [7, 11) is 2.07. The fourth-order valence-electron chi connectivity index (χ4n) is 4.58. The summed E-state index contributed by atoms with van der Waals surface area (Å²) in [6.07, 6.45) is -4.05. The molecule has 2 aliphatic rings. The van der Waals surface area contributed by atoms with E-state index in [0.29, 0.717) is 44.1 Å². The molecule has 3 N–H and O–H groups in total. The van der Waals surface area contributed by atoms with Crippen molar-refractivity contribution in [2.24, 2.45) is 0 Å². The molecule has 37 heavy (non-hydrogen) atoms. The summed E-state index contributed by atoms with van der Waals surface area (Å²) in [5, 5.41) is 8.40. The number of rotatable bonds is 7. The zero-order valence-corrected chi connectivity index (χ0v) is 21.1. The Morgan fingerprint density at radius 1 is 1.14 bits per heavy atom. The number of esters is 1. The van der Waals surface area contributed by atoms with Crippen molar-refractivity contribution in [2.45, 2.75) is 37.6 Å². The fourth-order valence-corrected chi connectivity index (χ4v) is 4.82. The molecule has 0 aliphatic carbocycles. The highest BCUT2D eigenvalue weighted by Crippen LogP contribution is 2.38. The summed E-state index contributed by atoms with van der Waals surface area (Å²) < 4.78 is 45.5. The number of piperazine rings is 1. The highest BCUT2D eigenvalue weighted by molar-refractivity contribution is 6.33. The normalized spacial score (nSPS) is 19.2. The van der Waals surface area contributed by atoms with E-state index in [1.165, 1.54) is 11.0 Å². The lowest BCUT2D eigenvalue weighted by molar-refractivity contribution is -0.157.